The number of benzene rings is 1. The fraction of sp³-hybridized carbons (Fsp3) is 0.500. The molecular formula is C18H25N5O2S. The molecule has 1 aromatic carbocycles. The number of ketones is 1. The maximum absolute atomic E-state index is 12.7. The molecule has 2 aromatic rings. The molecule has 0 saturated heterocycles. The van der Waals surface area contributed by atoms with Crippen LogP contribution < -0.4 is 5.32 Å². The van der Waals surface area contributed by atoms with Crippen molar-refractivity contribution in [2.24, 2.45) is 11.8 Å². The smallest absolute Gasteiger partial charge is 0.226 e. The molecule has 0 saturated carbocycles. The fourth-order valence-corrected chi connectivity index (χ4v) is 3.07. The number of amides is 1. The molecule has 1 N–H and O–H groups in total. The van der Waals surface area contributed by atoms with E-state index in [0.29, 0.717) is 28.9 Å². The first kappa shape index (κ1) is 20.1. The highest BCUT2D eigenvalue weighted by atomic mass is 32.2. The first-order chi connectivity index (χ1) is 12.3. The summed E-state index contributed by atoms with van der Waals surface area (Å²) in [6.07, 6.45) is 0. The number of thioether (sulfide) groups is 1. The highest BCUT2D eigenvalue weighted by molar-refractivity contribution is 8.00. The molecule has 7 nitrogen and oxygen atoms in total. The van der Waals surface area contributed by atoms with Gasteiger partial charge in [0.15, 0.2) is 5.78 Å². The van der Waals surface area contributed by atoms with Gasteiger partial charge in [0.25, 0.3) is 0 Å². The molecule has 0 aliphatic rings. The van der Waals surface area contributed by atoms with E-state index in [-0.39, 0.29) is 22.9 Å². The molecule has 0 spiro atoms. The molecule has 140 valence electrons. The number of aromatic nitrogens is 4. The fourth-order valence-electron chi connectivity index (χ4n) is 2.19. The quantitative estimate of drug-likeness (QED) is 0.562. The average molecular weight is 375 g/mol. The molecule has 26 heavy (non-hydrogen) atoms. The molecule has 1 atom stereocenters. The lowest BCUT2D eigenvalue weighted by Gasteiger charge is -2.12. The normalized spacial score (nSPS) is 12.4. The number of rotatable bonds is 8. The third kappa shape index (κ3) is 5.39. The van der Waals surface area contributed by atoms with Crippen molar-refractivity contribution in [3.63, 3.8) is 0 Å². The van der Waals surface area contributed by atoms with Gasteiger partial charge in [0.2, 0.25) is 11.1 Å². The van der Waals surface area contributed by atoms with Crippen LogP contribution in [0, 0.1) is 11.8 Å². The number of Topliss-reactive ketones (excluding diaryl/α,β-unsaturated/α-hetero) is 1. The van der Waals surface area contributed by atoms with Crippen LogP contribution in [0.2, 0.25) is 0 Å². The van der Waals surface area contributed by atoms with Gasteiger partial charge < -0.3 is 5.32 Å². The van der Waals surface area contributed by atoms with E-state index in [9.17, 15) is 9.59 Å². The molecule has 1 heterocycles. The van der Waals surface area contributed by atoms with Crippen molar-refractivity contribution in [1.29, 1.82) is 0 Å². The number of tetrazole rings is 1. The molecule has 1 unspecified atom stereocenters. The van der Waals surface area contributed by atoms with Crippen LogP contribution >= 0.6 is 11.8 Å². The predicted octanol–water partition coefficient (Wildman–Crippen LogP) is 3.29. The van der Waals surface area contributed by atoms with Crippen molar-refractivity contribution in [3.8, 4) is 0 Å². The summed E-state index contributed by atoms with van der Waals surface area (Å²) in [5, 5.41) is 14.8. The summed E-state index contributed by atoms with van der Waals surface area (Å²) in [5.74, 6) is 0.266. The van der Waals surface area contributed by atoms with Gasteiger partial charge >= 0.3 is 0 Å². The molecular weight excluding hydrogens is 350 g/mol. The Morgan fingerprint density at radius 2 is 1.77 bits per heavy atom. The van der Waals surface area contributed by atoms with Crippen molar-refractivity contribution in [2.45, 2.75) is 51.6 Å². The van der Waals surface area contributed by atoms with Gasteiger partial charge in [-0.25, -0.2) is 4.68 Å². The van der Waals surface area contributed by atoms with Crippen LogP contribution in [0.25, 0.3) is 0 Å². The van der Waals surface area contributed by atoms with E-state index in [2.05, 4.69) is 34.7 Å². The minimum atomic E-state index is -0.317. The maximum atomic E-state index is 12.7. The van der Waals surface area contributed by atoms with Gasteiger partial charge in [-0.3, -0.25) is 9.59 Å². The molecule has 2 rings (SSSR count). The van der Waals surface area contributed by atoms with Crippen molar-refractivity contribution in [2.75, 3.05) is 5.32 Å². The third-order valence-electron chi connectivity index (χ3n) is 3.65. The van der Waals surface area contributed by atoms with Crippen LogP contribution in [0.1, 0.15) is 45.0 Å². The van der Waals surface area contributed by atoms with Crippen LogP contribution in [0.3, 0.4) is 0 Å². The lowest BCUT2D eigenvalue weighted by molar-refractivity contribution is -0.118. The largest absolute Gasteiger partial charge is 0.326 e. The average Bonchev–Trinajstić information content (AvgIpc) is 3.00. The van der Waals surface area contributed by atoms with E-state index in [1.165, 1.54) is 11.8 Å². The molecule has 0 aliphatic heterocycles. The number of nitrogens with zero attached hydrogens (tertiary/aromatic N) is 4. The third-order valence-corrected chi connectivity index (χ3v) is 4.72. The van der Waals surface area contributed by atoms with Gasteiger partial charge in [-0.2, -0.15) is 0 Å². The molecule has 0 bridgehead atoms. The van der Waals surface area contributed by atoms with Gasteiger partial charge in [0.05, 0.1) is 5.25 Å². The van der Waals surface area contributed by atoms with Crippen molar-refractivity contribution < 1.29 is 9.59 Å². The second kappa shape index (κ2) is 8.93. The number of carbonyl (C=O) groups is 2. The Balaban J connectivity index is 2.02. The van der Waals surface area contributed by atoms with E-state index < -0.39 is 0 Å². The van der Waals surface area contributed by atoms with Crippen LogP contribution in [-0.4, -0.2) is 37.1 Å². The first-order valence-electron chi connectivity index (χ1n) is 8.66. The number of carbonyl (C=O) groups excluding carboxylic acids is 2. The van der Waals surface area contributed by atoms with Crippen molar-refractivity contribution >= 4 is 29.1 Å². The van der Waals surface area contributed by atoms with Gasteiger partial charge in [-0.15, -0.1) is 5.10 Å². The van der Waals surface area contributed by atoms with E-state index in [4.69, 9.17) is 0 Å². The topological polar surface area (TPSA) is 89.8 Å². The molecule has 0 aliphatic carbocycles. The van der Waals surface area contributed by atoms with E-state index in [1.807, 2.05) is 20.8 Å². The van der Waals surface area contributed by atoms with Crippen LogP contribution in [0.5, 0.6) is 0 Å². The minimum Gasteiger partial charge on any atom is -0.326 e. The number of hydrogen-bond donors (Lipinski definition) is 1. The standard InChI is InChI=1S/C18H25N5O2S/c1-11(2)10-23-18(20-21-22-23)26-13(5)16(24)14-6-8-15(9-7-14)19-17(25)12(3)4/h6-9,11-13H,10H2,1-5H3,(H,19,25). The van der Waals surface area contributed by atoms with Crippen LogP contribution in [0.15, 0.2) is 29.4 Å². The summed E-state index contributed by atoms with van der Waals surface area (Å²) >= 11 is 1.35. The number of hydrogen-bond acceptors (Lipinski definition) is 6. The second-order valence-electron chi connectivity index (χ2n) is 6.88. The van der Waals surface area contributed by atoms with Crippen molar-refractivity contribution in [3.05, 3.63) is 29.8 Å². The first-order valence-corrected chi connectivity index (χ1v) is 9.53. The van der Waals surface area contributed by atoms with Gasteiger partial charge in [0, 0.05) is 23.7 Å². The zero-order chi connectivity index (χ0) is 19.3. The summed E-state index contributed by atoms with van der Waals surface area (Å²) < 4.78 is 1.73. The predicted molar refractivity (Wildman–Crippen MR) is 102 cm³/mol. The maximum Gasteiger partial charge on any atom is 0.226 e. The summed E-state index contributed by atoms with van der Waals surface area (Å²) in [6, 6.07) is 6.94. The Morgan fingerprint density at radius 3 is 2.35 bits per heavy atom. The minimum absolute atomic E-state index is 0.00386. The second-order valence-corrected chi connectivity index (χ2v) is 8.19. The molecule has 1 aromatic heterocycles. The Bertz CT molecular complexity index is 755. The zero-order valence-corrected chi connectivity index (χ0v) is 16.6. The van der Waals surface area contributed by atoms with Crippen LogP contribution in [0.4, 0.5) is 5.69 Å². The summed E-state index contributed by atoms with van der Waals surface area (Å²) in [7, 11) is 0. The lowest BCUT2D eigenvalue weighted by Crippen LogP contribution is -2.18. The molecule has 0 fully saturated rings. The molecule has 0 radical (unpaired) electrons. The Hall–Kier alpha value is -2.22. The Kier molecular flexibility index (Phi) is 6.90. The van der Waals surface area contributed by atoms with Crippen molar-refractivity contribution in [1.82, 2.24) is 20.2 Å². The van der Waals surface area contributed by atoms with Gasteiger partial charge in [0.1, 0.15) is 0 Å². The summed E-state index contributed by atoms with van der Waals surface area (Å²) in [6.45, 7) is 10.4. The van der Waals surface area contributed by atoms with Gasteiger partial charge in [-0.05, 0) is 47.5 Å². The van der Waals surface area contributed by atoms with E-state index in [0.717, 1.165) is 0 Å². The molecule has 1 amide bonds. The Morgan fingerprint density at radius 1 is 1.12 bits per heavy atom. The lowest BCUT2D eigenvalue weighted by atomic mass is 10.1. The van der Waals surface area contributed by atoms with E-state index in [1.54, 1.807) is 28.9 Å². The van der Waals surface area contributed by atoms with Gasteiger partial charge in [-0.1, -0.05) is 39.5 Å². The van der Waals surface area contributed by atoms with Crippen LogP contribution in [-0.2, 0) is 11.3 Å². The Labute approximate surface area is 157 Å². The van der Waals surface area contributed by atoms with E-state index >= 15 is 0 Å². The summed E-state index contributed by atoms with van der Waals surface area (Å²) in [4.78, 5) is 24.4. The summed E-state index contributed by atoms with van der Waals surface area (Å²) in [5.41, 5.74) is 1.27. The monoisotopic (exact) mass is 375 g/mol. The highest BCUT2D eigenvalue weighted by Gasteiger charge is 2.20. The number of anilines is 1. The highest BCUT2D eigenvalue weighted by Crippen LogP contribution is 2.24. The molecule has 8 heteroatoms. The number of nitrogens with one attached hydrogen (secondary N) is 1. The SMILES string of the molecule is CC(C)Cn1nnnc1SC(C)C(=O)c1ccc(NC(=O)C(C)C)cc1. The zero-order valence-electron chi connectivity index (χ0n) is 15.8.